The number of furan rings is 1. The second-order valence-corrected chi connectivity index (χ2v) is 7.22. The SMILES string of the molecule is CC(C)OC(=O)CSc1nnc(-c2ccco2)n1C1CCCCC1. The molecule has 0 unspecified atom stereocenters. The predicted octanol–water partition coefficient (Wildman–Crippen LogP) is 4.09. The Labute approximate surface area is 146 Å². The Morgan fingerprint density at radius 1 is 1.38 bits per heavy atom. The Kier molecular flexibility index (Phi) is 5.60. The van der Waals surface area contributed by atoms with Crippen LogP contribution in [0.3, 0.4) is 0 Å². The smallest absolute Gasteiger partial charge is 0.316 e. The fourth-order valence-corrected chi connectivity index (χ4v) is 3.83. The van der Waals surface area contributed by atoms with E-state index in [1.54, 1.807) is 6.26 Å². The molecule has 0 N–H and O–H groups in total. The lowest BCUT2D eigenvalue weighted by atomic mass is 9.95. The number of ether oxygens (including phenoxy) is 1. The molecule has 1 saturated carbocycles. The first-order chi connectivity index (χ1) is 11.6. The van der Waals surface area contributed by atoms with Crippen molar-refractivity contribution in [1.82, 2.24) is 14.8 Å². The maximum absolute atomic E-state index is 11.8. The molecule has 0 aliphatic heterocycles. The summed E-state index contributed by atoms with van der Waals surface area (Å²) in [5.41, 5.74) is 0. The van der Waals surface area contributed by atoms with Gasteiger partial charge in [-0.15, -0.1) is 10.2 Å². The molecule has 1 aliphatic carbocycles. The molecule has 2 aromatic rings. The predicted molar refractivity (Wildman–Crippen MR) is 91.8 cm³/mol. The topological polar surface area (TPSA) is 70.2 Å². The molecule has 0 spiro atoms. The van der Waals surface area contributed by atoms with Crippen LogP contribution in [0.1, 0.15) is 52.0 Å². The highest BCUT2D eigenvalue weighted by Crippen LogP contribution is 2.35. The quantitative estimate of drug-likeness (QED) is 0.578. The van der Waals surface area contributed by atoms with Gasteiger partial charge < -0.3 is 9.15 Å². The van der Waals surface area contributed by atoms with Crippen molar-refractivity contribution in [1.29, 1.82) is 0 Å². The molecule has 1 aliphatic rings. The normalized spacial score (nSPS) is 15.8. The molecule has 6 nitrogen and oxygen atoms in total. The molecule has 0 bridgehead atoms. The van der Waals surface area contributed by atoms with Crippen molar-refractivity contribution in [3.63, 3.8) is 0 Å². The van der Waals surface area contributed by atoms with Crippen molar-refractivity contribution in [2.75, 3.05) is 5.75 Å². The number of esters is 1. The molecule has 24 heavy (non-hydrogen) atoms. The van der Waals surface area contributed by atoms with Gasteiger partial charge in [0.25, 0.3) is 0 Å². The molecule has 130 valence electrons. The van der Waals surface area contributed by atoms with Crippen molar-refractivity contribution >= 4 is 17.7 Å². The van der Waals surface area contributed by atoms with Gasteiger partial charge in [0.05, 0.1) is 18.1 Å². The molecule has 0 atom stereocenters. The summed E-state index contributed by atoms with van der Waals surface area (Å²) < 4.78 is 12.9. The van der Waals surface area contributed by atoms with Crippen LogP contribution >= 0.6 is 11.8 Å². The van der Waals surface area contributed by atoms with Crippen LogP contribution in [0.15, 0.2) is 28.0 Å². The van der Waals surface area contributed by atoms with E-state index in [1.807, 2.05) is 26.0 Å². The summed E-state index contributed by atoms with van der Waals surface area (Å²) in [6, 6.07) is 4.10. The van der Waals surface area contributed by atoms with Crippen LogP contribution in [0.4, 0.5) is 0 Å². The molecule has 3 rings (SSSR count). The monoisotopic (exact) mass is 349 g/mol. The Morgan fingerprint density at radius 2 is 2.17 bits per heavy atom. The van der Waals surface area contributed by atoms with Crippen LogP contribution in [-0.4, -0.2) is 32.6 Å². The number of aromatic nitrogens is 3. The average molecular weight is 349 g/mol. The second-order valence-electron chi connectivity index (χ2n) is 6.27. The Bertz CT molecular complexity index is 661. The van der Waals surface area contributed by atoms with E-state index >= 15 is 0 Å². The third-order valence-electron chi connectivity index (χ3n) is 4.03. The van der Waals surface area contributed by atoms with Crippen LogP contribution in [0, 0.1) is 0 Å². The van der Waals surface area contributed by atoms with E-state index in [1.165, 1.54) is 31.0 Å². The third kappa shape index (κ3) is 4.01. The van der Waals surface area contributed by atoms with Crippen LogP contribution in [0.5, 0.6) is 0 Å². The van der Waals surface area contributed by atoms with Crippen molar-refractivity contribution < 1.29 is 13.9 Å². The number of rotatable bonds is 6. The summed E-state index contributed by atoms with van der Waals surface area (Å²) >= 11 is 1.38. The molecule has 0 radical (unpaired) electrons. The van der Waals surface area contributed by atoms with E-state index in [0.29, 0.717) is 11.8 Å². The minimum Gasteiger partial charge on any atom is -0.462 e. The lowest BCUT2D eigenvalue weighted by Crippen LogP contribution is -2.17. The molecule has 0 amide bonds. The summed E-state index contributed by atoms with van der Waals surface area (Å²) in [6.07, 6.45) is 7.44. The van der Waals surface area contributed by atoms with Crippen molar-refractivity contribution in [3.05, 3.63) is 18.4 Å². The summed E-state index contributed by atoms with van der Waals surface area (Å²) in [5, 5.41) is 9.38. The van der Waals surface area contributed by atoms with E-state index in [0.717, 1.165) is 23.8 Å². The number of thioether (sulfide) groups is 1. The maximum atomic E-state index is 11.8. The van der Waals surface area contributed by atoms with E-state index in [4.69, 9.17) is 9.15 Å². The van der Waals surface area contributed by atoms with Crippen LogP contribution in [0.2, 0.25) is 0 Å². The minimum absolute atomic E-state index is 0.104. The van der Waals surface area contributed by atoms with Crippen molar-refractivity contribution in [2.24, 2.45) is 0 Å². The first-order valence-corrected chi connectivity index (χ1v) is 9.44. The number of carbonyl (C=O) groups is 1. The Balaban J connectivity index is 1.81. The van der Waals surface area contributed by atoms with Gasteiger partial charge in [0, 0.05) is 6.04 Å². The van der Waals surface area contributed by atoms with Gasteiger partial charge in [0.2, 0.25) is 5.82 Å². The first-order valence-electron chi connectivity index (χ1n) is 8.46. The van der Waals surface area contributed by atoms with Gasteiger partial charge in [-0.1, -0.05) is 31.0 Å². The average Bonchev–Trinajstić information content (AvgIpc) is 3.22. The van der Waals surface area contributed by atoms with Gasteiger partial charge in [-0.05, 0) is 38.8 Å². The summed E-state index contributed by atoms with van der Waals surface area (Å²) in [5.74, 6) is 1.46. The zero-order valence-electron chi connectivity index (χ0n) is 14.1. The molecule has 7 heteroatoms. The van der Waals surface area contributed by atoms with Crippen LogP contribution in [-0.2, 0) is 9.53 Å². The molecular formula is C17H23N3O3S. The fourth-order valence-electron chi connectivity index (χ4n) is 3.04. The highest BCUT2D eigenvalue weighted by molar-refractivity contribution is 7.99. The highest BCUT2D eigenvalue weighted by Gasteiger charge is 2.25. The van der Waals surface area contributed by atoms with Gasteiger partial charge in [0.1, 0.15) is 0 Å². The van der Waals surface area contributed by atoms with E-state index in [-0.39, 0.29) is 17.8 Å². The van der Waals surface area contributed by atoms with Crippen LogP contribution in [0.25, 0.3) is 11.6 Å². The largest absolute Gasteiger partial charge is 0.462 e. The lowest BCUT2D eigenvalue weighted by molar-refractivity contribution is -0.144. The van der Waals surface area contributed by atoms with Crippen LogP contribution < -0.4 is 0 Å². The molecule has 2 heterocycles. The summed E-state index contributed by atoms with van der Waals surface area (Å²) in [4.78, 5) is 11.8. The lowest BCUT2D eigenvalue weighted by Gasteiger charge is -2.25. The minimum atomic E-state index is -0.229. The van der Waals surface area contributed by atoms with E-state index in [2.05, 4.69) is 14.8 Å². The number of hydrogen-bond acceptors (Lipinski definition) is 6. The van der Waals surface area contributed by atoms with Gasteiger partial charge in [-0.3, -0.25) is 9.36 Å². The number of nitrogens with zero attached hydrogens (tertiary/aromatic N) is 3. The van der Waals surface area contributed by atoms with Gasteiger partial charge in [-0.25, -0.2) is 0 Å². The maximum Gasteiger partial charge on any atom is 0.316 e. The van der Waals surface area contributed by atoms with Crippen molar-refractivity contribution in [2.45, 2.75) is 63.3 Å². The first kappa shape index (κ1) is 17.1. The summed E-state index contributed by atoms with van der Waals surface area (Å²) in [7, 11) is 0. The Hall–Kier alpha value is -1.76. The van der Waals surface area contributed by atoms with Gasteiger partial charge in [0.15, 0.2) is 10.9 Å². The molecule has 0 aromatic carbocycles. The molecule has 2 aromatic heterocycles. The fraction of sp³-hybridized carbons (Fsp3) is 0.588. The number of hydrogen-bond donors (Lipinski definition) is 0. The molecule has 0 saturated heterocycles. The third-order valence-corrected chi connectivity index (χ3v) is 4.95. The molecular weight excluding hydrogens is 326 g/mol. The zero-order valence-corrected chi connectivity index (χ0v) is 14.9. The van der Waals surface area contributed by atoms with E-state index in [9.17, 15) is 4.79 Å². The highest BCUT2D eigenvalue weighted by atomic mass is 32.2. The zero-order chi connectivity index (χ0) is 16.9. The summed E-state index contributed by atoms with van der Waals surface area (Å²) in [6.45, 7) is 3.70. The Morgan fingerprint density at radius 3 is 2.83 bits per heavy atom. The number of carbonyl (C=O) groups excluding carboxylic acids is 1. The second kappa shape index (κ2) is 7.88. The molecule has 1 fully saturated rings. The van der Waals surface area contributed by atoms with Gasteiger partial charge in [-0.2, -0.15) is 0 Å². The van der Waals surface area contributed by atoms with Gasteiger partial charge >= 0.3 is 5.97 Å². The van der Waals surface area contributed by atoms with Crippen molar-refractivity contribution in [3.8, 4) is 11.6 Å². The standard InChI is InChI=1S/C17H23N3O3S/c1-12(2)23-15(21)11-24-17-19-18-16(14-9-6-10-22-14)20(17)13-7-4-3-5-8-13/h6,9-10,12-13H,3-5,7-8,11H2,1-2H3. The van der Waals surface area contributed by atoms with E-state index < -0.39 is 0 Å².